The van der Waals surface area contributed by atoms with Gasteiger partial charge in [-0.15, -0.1) is 0 Å². The van der Waals surface area contributed by atoms with Gasteiger partial charge in [0.25, 0.3) is 0 Å². The maximum atomic E-state index is 5.54. The Morgan fingerprint density at radius 2 is 0.778 bits per heavy atom. The van der Waals surface area contributed by atoms with E-state index < -0.39 is 9.28 Å². The first-order valence-electron chi connectivity index (χ1n) is 6.44. The fourth-order valence-corrected chi connectivity index (χ4v) is 2.31. The van der Waals surface area contributed by atoms with Crippen LogP contribution in [0, 0.1) is 0 Å². The zero-order valence-electron chi connectivity index (χ0n) is 11.1. The Kier molecular flexibility index (Phi) is 10.7. The summed E-state index contributed by atoms with van der Waals surface area (Å²) in [6.07, 6.45) is 0. The minimum absolute atomic E-state index is 0.580. The number of hydrogen-bond donors (Lipinski definition) is 0. The fourth-order valence-electron chi connectivity index (χ4n) is 1.36. The van der Waals surface area contributed by atoms with Crippen LogP contribution in [0.1, 0.15) is 0 Å². The minimum Gasteiger partial charge on any atom is -0.394 e. The van der Waals surface area contributed by atoms with Gasteiger partial charge in [0, 0.05) is 0 Å². The lowest BCUT2D eigenvalue weighted by atomic mass is 10.7. The second-order valence-corrected chi connectivity index (χ2v) is 5.56. The largest absolute Gasteiger partial charge is 0.394 e. The van der Waals surface area contributed by atoms with E-state index in [1.807, 2.05) is 6.55 Å². The summed E-state index contributed by atoms with van der Waals surface area (Å²) in [6, 6.07) is 0. The molecule has 0 spiro atoms. The number of hydrogen-bond acceptors (Lipinski definition) is 6. The van der Waals surface area contributed by atoms with E-state index in [0.717, 1.165) is 0 Å². The molecule has 1 aliphatic heterocycles. The van der Waals surface area contributed by atoms with Crippen molar-refractivity contribution < 1.29 is 27.8 Å². The molecule has 0 amide bonds. The molecule has 0 atom stereocenters. The van der Waals surface area contributed by atoms with Gasteiger partial charge in [-0.2, -0.15) is 0 Å². The van der Waals surface area contributed by atoms with Gasteiger partial charge >= 0.3 is 9.28 Å². The van der Waals surface area contributed by atoms with Crippen molar-refractivity contribution in [1.29, 1.82) is 0 Å². The lowest BCUT2D eigenvalue weighted by molar-refractivity contribution is -0.00426. The first kappa shape index (κ1) is 16.0. The van der Waals surface area contributed by atoms with Crippen molar-refractivity contribution >= 4 is 9.28 Å². The average Bonchev–Trinajstić information content (AvgIpc) is 2.37. The Bertz CT molecular complexity index is 165. The van der Waals surface area contributed by atoms with Gasteiger partial charge in [0.05, 0.1) is 66.1 Å². The number of ether oxygens (including phenoxy) is 4. The van der Waals surface area contributed by atoms with E-state index in [0.29, 0.717) is 66.1 Å². The van der Waals surface area contributed by atoms with Crippen molar-refractivity contribution in [2.45, 2.75) is 6.55 Å². The molecule has 0 N–H and O–H groups in total. The molecule has 7 heteroatoms. The highest BCUT2D eigenvalue weighted by molar-refractivity contribution is 6.42. The molecule has 0 radical (unpaired) electrons. The lowest BCUT2D eigenvalue weighted by Gasteiger charge is -2.12. The molecule has 0 aliphatic carbocycles. The van der Waals surface area contributed by atoms with E-state index in [1.54, 1.807) is 0 Å². The summed E-state index contributed by atoms with van der Waals surface area (Å²) in [4.78, 5) is 0. The first-order valence-corrected chi connectivity index (χ1v) is 8.53. The Morgan fingerprint density at radius 1 is 0.500 bits per heavy atom. The molecule has 1 heterocycles. The van der Waals surface area contributed by atoms with Crippen LogP contribution in [0.25, 0.3) is 0 Å². The quantitative estimate of drug-likeness (QED) is 0.580. The summed E-state index contributed by atoms with van der Waals surface area (Å²) in [5, 5.41) is 0. The van der Waals surface area contributed by atoms with Crippen molar-refractivity contribution in [2.75, 3.05) is 66.1 Å². The third kappa shape index (κ3) is 9.95. The van der Waals surface area contributed by atoms with Crippen molar-refractivity contribution in [2.24, 2.45) is 0 Å². The maximum absolute atomic E-state index is 5.54. The first-order chi connectivity index (χ1) is 8.89. The van der Waals surface area contributed by atoms with E-state index in [9.17, 15) is 0 Å². The highest BCUT2D eigenvalue weighted by atomic mass is 28.3. The lowest BCUT2D eigenvalue weighted by Crippen LogP contribution is -2.23. The molecule has 6 nitrogen and oxygen atoms in total. The molecule has 1 rings (SSSR count). The van der Waals surface area contributed by atoms with Gasteiger partial charge in [-0.3, -0.25) is 0 Å². The zero-order valence-corrected chi connectivity index (χ0v) is 12.3. The van der Waals surface area contributed by atoms with Crippen molar-refractivity contribution in [1.82, 2.24) is 0 Å². The second kappa shape index (κ2) is 12.0. The van der Waals surface area contributed by atoms with Gasteiger partial charge in [-0.05, 0) is 6.55 Å². The number of rotatable bonds is 0. The smallest absolute Gasteiger partial charge is 0.318 e. The summed E-state index contributed by atoms with van der Waals surface area (Å²) in [5.74, 6) is 0. The molecule has 1 aliphatic rings. The average molecular weight is 280 g/mol. The maximum Gasteiger partial charge on any atom is 0.318 e. The topological polar surface area (TPSA) is 55.4 Å². The molecule has 108 valence electrons. The Balaban J connectivity index is 2.09. The predicted molar refractivity (Wildman–Crippen MR) is 68.2 cm³/mol. The molecule has 1 saturated heterocycles. The zero-order chi connectivity index (χ0) is 12.9. The Morgan fingerprint density at radius 3 is 1.11 bits per heavy atom. The monoisotopic (exact) mass is 280 g/mol. The fraction of sp³-hybridized carbons (Fsp3) is 1.00. The molecule has 0 aromatic carbocycles. The van der Waals surface area contributed by atoms with Gasteiger partial charge in [-0.25, -0.2) is 0 Å². The van der Waals surface area contributed by atoms with Crippen LogP contribution in [0.4, 0.5) is 0 Å². The van der Waals surface area contributed by atoms with E-state index in [-0.39, 0.29) is 0 Å². The van der Waals surface area contributed by atoms with Crippen molar-refractivity contribution in [3.05, 3.63) is 0 Å². The summed E-state index contributed by atoms with van der Waals surface area (Å²) < 4.78 is 32.5. The van der Waals surface area contributed by atoms with E-state index in [1.165, 1.54) is 0 Å². The second-order valence-electron chi connectivity index (χ2n) is 3.76. The van der Waals surface area contributed by atoms with Crippen LogP contribution < -0.4 is 0 Å². The normalized spacial score (nSPS) is 24.5. The summed E-state index contributed by atoms with van der Waals surface area (Å²) in [7, 11) is -1.53. The van der Waals surface area contributed by atoms with E-state index >= 15 is 0 Å². The van der Waals surface area contributed by atoms with Crippen LogP contribution in [0.15, 0.2) is 0 Å². The standard InChI is InChI=1S/C11H24O6Si/c1-18-16-10-8-14-6-4-12-2-3-13-5-7-15-9-11-17-18/h18H,2-11H2,1H3. The van der Waals surface area contributed by atoms with Crippen LogP contribution in [-0.4, -0.2) is 75.4 Å². The molecular weight excluding hydrogens is 256 g/mol. The SMILES string of the molecule is C[SiH]1OCCOCCOCCOCCOCCO1. The molecule has 0 unspecified atom stereocenters. The van der Waals surface area contributed by atoms with Crippen molar-refractivity contribution in [3.63, 3.8) is 0 Å². The summed E-state index contributed by atoms with van der Waals surface area (Å²) >= 11 is 0. The minimum atomic E-state index is -1.53. The summed E-state index contributed by atoms with van der Waals surface area (Å²) in [5.41, 5.74) is 0. The van der Waals surface area contributed by atoms with E-state index in [2.05, 4.69) is 0 Å². The van der Waals surface area contributed by atoms with Gasteiger partial charge in [0.2, 0.25) is 0 Å². The van der Waals surface area contributed by atoms with Crippen LogP contribution in [0.5, 0.6) is 0 Å². The van der Waals surface area contributed by atoms with Gasteiger partial charge in [0.1, 0.15) is 0 Å². The summed E-state index contributed by atoms with van der Waals surface area (Å²) in [6.45, 7) is 7.85. The van der Waals surface area contributed by atoms with Crippen LogP contribution in [0.2, 0.25) is 6.55 Å². The molecule has 0 saturated carbocycles. The van der Waals surface area contributed by atoms with Crippen molar-refractivity contribution in [3.8, 4) is 0 Å². The molecular formula is C11H24O6Si. The van der Waals surface area contributed by atoms with Crippen LogP contribution in [0.3, 0.4) is 0 Å². The molecule has 0 aromatic rings. The Labute approximate surface area is 110 Å². The molecule has 0 bridgehead atoms. The van der Waals surface area contributed by atoms with Gasteiger partial charge < -0.3 is 27.8 Å². The van der Waals surface area contributed by atoms with Crippen LogP contribution >= 0.6 is 0 Å². The molecule has 1 fully saturated rings. The van der Waals surface area contributed by atoms with Gasteiger partial charge in [-0.1, -0.05) is 0 Å². The highest BCUT2D eigenvalue weighted by Crippen LogP contribution is 1.91. The predicted octanol–water partition coefficient (Wildman–Crippen LogP) is -0.0501. The third-order valence-electron chi connectivity index (χ3n) is 2.28. The van der Waals surface area contributed by atoms with E-state index in [4.69, 9.17) is 27.8 Å². The third-order valence-corrected chi connectivity index (χ3v) is 3.69. The molecule has 0 aromatic heterocycles. The van der Waals surface area contributed by atoms with Gasteiger partial charge in [0.15, 0.2) is 0 Å². The highest BCUT2D eigenvalue weighted by Gasteiger charge is 2.05. The Hall–Kier alpha value is -0.0231. The molecule has 18 heavy (non-hydrogen) atoms. The van der Waals surface area contributed by atoms with Crippen LogP contribution in [-0.2, 0) is 27.8 Å².